The van der Waals surface area contributed by atoms with Gasteiger partial charge >= 0.3 is 0 Å². The third-order valence-electron chi connectivity index (χ3n) is 4.79. The maximum absolute atomic E-state index is 4.12. The lowest BCUT2D eigenvalue weighted by molar-refractivity contribution is 0.183. The lowest BCUT2D eigenvalue weighted by atomic mass is 9.99. The van der Waals surface area contributed by atoms with Crippen molar-refractivity contribution >= 4 is 0 Å². The quantitative estimate of drug-likeness (QED) is 0.880. The van der Waals surface area contributed by atoms with E-state index in [0.717, 1.165) is 13.0 Å². The summed E-state index contributed by atoms with van der Waals surface area (Å²) in [6.45, 7) is 5.69. The summed E-state index contributed by atoms with van der Waals surface area (Å²) in [4.78, 5) is 6.69. The van der Waals surface area contributed by atoms with Crippen molar-refractivity contribution in [1.82, 2.24) is 15.2 Å². The summed E-state index contributed by atoms with van der Waals surface area (Å²) in [5.41, 5.74) is 2.77. The number of hydrogen-bond acceptors (Lipinski definition) is 3. The van der Waals surface area contributed by atoms with Gasteiger partial charge < -0.3 is 5.32 Å². The molecule has 0 aliphatic carbocycles. The summed E-state index contributed by atoms with van der Waals surface area (Å²) in [7, 11) is 0. The number of hydrogen-bond donors (Lipinski definition) is 1. The molecule has 3 nitrogen and oxygen atoms in total. The van der Waals surface area contributed by atoms with Gasteiger partial charge in [-0.2, -0.15) is 0 Å². The number of rotatable bonds is 6. The van der Waals surface area contributed by atoms with Gasteiger partial charge in [0.05, 0.1) is 0 Å². The van der Waals surface area contributed by atoms with Gasteiger partial charge in [0.15, 0.2) is 0 Å². The summed E-state index contributed by atoms with van der Waals surface area (Å²) in [5, 5.41) is 3.85. The Labute approximate surface area is 139 Å². The molecule has 2 aromatic rings. The molecular formula is C20H27N3. The van der Waals surface area contributed by atoms with E-state index in [-0.39, 0.29) is 0 Å². The molecule has 1 atom stereocenters. The second-order valence-electron chi connectivity index (χ2n) is 6.44. The second kappa shape index (κ2) is 8.23. The third-order valence-corrected chi connectivity index (χ3v) is 4.79. The number of nitrogens with one attached hydrogen (secondary N) is 1. The number of aromatic nitrogens is 1. The average Bonchev–Trinajstić information content (AvgIpc) is 2.63. The lowest BCUT2D eigenvalue weighted by Gasteiger charge is -2.34. The van der Waals surface area contributed by atoms with Crippen LogP contribution in [0, 0.1) is 0 Å². The summed E-state index contributed by atoms with van der Waals surface area (Å²) < 4.78 is 0. The van der Waals surface area contributed by atoms with E-state index in [1.165, 1.54) is 37.1 Å². The SMILES string of the molecule is CC[C@@H](NC1CCN(Cc2ccccc2)CC1)c1ccncc1. The molecule has 1 fully saturated rings. The molecule has 1 aromatic carbocycles. The molecule has 0 radical (unpaired) electrons. The summed E-state index contributed by atoms with van der Waals surface area (Å²) >= 11 is 0. The molecule has 1 aliphatic rings. The first-order valence-electron chi connectivity index (χ1n) is 8.77. The molecule has 0 unspecified atom stereocenters. The minimum atomic E-state index is 0.448. The van der Waals surface area contributed by atoms with Crippen LogP contribution in [0.2, 0.25) is 0 Å². The van der Waals surface area contributed by atoms with Crippen molar-refractivity contribution in [2.45, 2.75) is 44.8 Å². The van der Waals surface area contributed by atoms with Gasteiger partial charge in [-0.25, -0.2) is 0 Å². The van der Waals surface area contributed by atoms with E-state index in [9.17, 15) is 0 Å². The molecule has 1 aromatic heterocycles. The van der Waals surface area contributed by atoms with Gasteiger partial charge in [-0.15, -0.1) is 0 Å². The lowest BCUT2D eigenvalue weighted by Crippen LogP contribution is -2.43. The van der Waals surface area contributed by atoms with E-state index in [1.807, 2.05) is 12.4 Å². The van der Waals surface area contributed by atoms with Gasteiger partial charge in [0, 0.05) is 31.0 Å². The molecule has 0 spiro atoms. The molecule has 1 saturated heterocycles. The zero-order valence-electron chi connectivity index (χ0n) is 14.0. The van der Waals surface area contributed by atoms with Crippen LogP contribution >= 0.6 is 0 Å². The van der Waals surface area contributed by atoms with Crippen LogP contribution in [0.5, 0.6) is 0 Å². The van der Waals surface area contributed by atoms with Crippen LogP contribution in [0.4, 0.5) is 0 Å². The molecule has 122 valence electrons. The van der Waals surface area contributed by atoms with Crippen LogP contribution < -0.4 is 5.32 Å². The van der Waals surface area contributed by atoms with E-state index in [4.69, 9.17) is 0 Å². The molecular weight excluding hydrogens is 282 g/mol. The molecule has 3 rings (SSSR count). The minimum absolute atomic E-state index is 0.448. The smallest absolute Gasteiger partial charge is 0.0321 e. The van der Waals surface area contributed by atoms with Crippen LogP contribution in [0.3, 0.4) is 0 Å². The highest BCUT2D eigenvalue weighted by Crippen LogP contribution is 2.20. The van der Waals surface area contributed by atoms with Gasteiger partial charge in [-0.05, 0) is 55.6 Å². The van der Waals surface area contributed by atoms with Crippen molar-refractivity contribution in [3.05, 3.63) is 66.0 Å². The molecule has 0 saturated carbocycles. The van der Waals surface area contributed by atoms with Gasteiger partial charge in [-0.1, -0.05) is 37.3 Å². The van der Waals surface area contributed by atoms with E-state index in [0.29, 0.717) is 12.1 Å². The standard InChI is InChI=1S/C20H27N3/c1-2-20(18-8-12-21-13-9-18)22-19-10-14-23(15-11-19)16-17-6-4-3-5-7-17/h3-9,12-13,19-20,22H,2,10-11,14-16H2,1H3/t20-/m1/s1. The Morgan fingerprint density at radius 3 is 2.43 bits per heavy atom. The largest absolute Gasteiger partial charge is 0.307 e. The first kappa shape index (κ1) is 16.2. The van der Waals surface area contributed by atoms with Crippen LogP contribution in [0.1, 0.15) is 43.4 Å². The number of benzene rings is 1. The topological polar surface area (TPSA) is 28.2 Å². The number of likely N-dealkylation sites (tertiary alicyclic amines) is 1. The highest BCUT2D eigenvalue weighted by molar-refractivity contribution is 5.16. The predicted molar refractivity (Wildman–Crippen MR) is 95.1 cm³/mol. The fourth-order valence-corrected chi connectivity index (χ4v) is 3.43. The Morgan fingerprint density at radius 1 is 1.09 bits per heavy atom. The van der Waals surface area contributed by atoms with Crippen LogP contribution in [0.25, 0.3) is 0 Å². The molecule has 1 aliphatic heterocycles. The van der Waals surface area contributed by atoms with Crippen molar-refractivity contribution in [3.63, 3.8) is 0 Å². The number of pyridine rings is 1. The number of piperidine rings is 1. The zero-order valence-corrected chi connectivity index (χ0v) is 14.0. The first-order valence-corrected chi connectivity index (χ1v) is 8.77. The van der Waals surface area contributed by atoms with E-state index < -0.39 is 0 Å². The first-order chi connectivity index (χ1) is 11.3. The zero-order chi connectivity index (χ0) is 15.9. The Bertz CT molecular complexity index is 562. The molecule has 1 N–H and O–H groups in total. The van der Waals surface area contributed by atoms with E-state index >= 15 is 0 Å². The molecule has 0 bridgehead atoms. The Kier molecular flexibility index (Phi) is 5.78. The normalized spacial score (nSPS) is 18.0. The van der Waals surface area contributed by atoms with Crippen molar-refractivity contribution in [3.8, 4) is 0 Å². The van der Waals surface area contributed by atoms with Gasteiger partial charge in [0.1, 0.15) is 0 Å². The minimum Gasteiger partial charge on any atom is -0.307 e. The molecule has 2 heterocycles. The number of nitrogens with zero attached hydrogens (tertiary/aromatic N) is 2. The summed E-state index contributed by atoms with van der Waals surface area (Å²) in [6.07, 6.45) is 7.36. The van der Waals surface area contributed by atoms with E-state index in [1.54, 1.807) is 0 Å². The fourth-order valence-electron chi connectivity index (χ4n) is 3.43. The van der Waals surface area contributed by atoms with Gasteiger partial charge in [0.25, 0.3) is 0 Å². The van der Waals surface area contributed by atoms with Gasteiger partial charge in [-0.3, -0.25) is 9.88 Å². The Morgan fingerprint density at radius 2 is 1.78 bits per heavy atom. The maximum Gasteiger partial charge on any atom is 0.0321 e. The molecule has 3 heteroatoms. The Balaban J connectivity index is 1.49. The second-order valence-corrected chi connectivity index (χ2v) is 6.44. The van der Waals surface area contributed by atoms with Gasteiger partial charge in [0.2, 0.25) is 0 Å². The highest BCUT2D eigenvalue weighted by Gasteiger charge is 2.21. The highest BCUT2D eigenvalue weighted by atomic mass is 15.1. The van der Waals surface area contributed by atoms with E-state index in [2.05, 4.69) is 64.6 Å². The average molecular weight is 309 g/mol. The Hall–Kier alpha value is -1.71. The van der Waals surface area contributed by atoms with Crippen LogP contribution in [-0.4, -0.2) is 29.0 Å². The maximum atomic E-state index is 4.12. The molecule has 0 amide bonds. The summed E-state index contributed by atoms with van der Waals surface area (Å²) in [5.74, 6) is 0. The van der Waals surface area contributed by atoms with Crippen molar-refractivity contribution in [2.24, 2.45) is 0 Å². The fraction of sp³-hybridized carbons (Fsp3) is 0.450. The predicted octanol–water partition coefficient (Wildman–Crippen LogP) is 3.79. The van der Waals surface area contributed by atoms with Crippen LogP contribution in [0.15, 0.2) is 54.9 Å². The third kappa shape index (κ3) is 4.63. The monoisotopic (exact) mass is 309 g/mol. The van der Waals surface area contributed by atoms with Crippen LogP contribution in [-0.2, 0) is 6.54 Å². The van der Waals surface area contributed by atoms with Crippen molar-refractivity contribution < 1.29 is 0 Å². The van der Waals surface area contributed by atoms with Crippen molar-refractivity contribution in [1.29, 1.82) is 0 Å². The van der Waals surface area contributed by atoms with Crippen molar-refractivity contribution in [2.75, 3.05) is 13.1 Å². The summed E-state index contributed by atoms with van der Waals surface area (Å²) in [6, 6.07) is 16.1. The molecule has 23 heavy (non-hydrogen) atoms.